The van der Waals surface area contributed by atoms with Crippen LogP contribution in [0.25, 0.3) is 0 Å². The van der Waals surface area contributed by atoms with Crippen molar-refractivity contribution in [2.24, 2.45) is 0 Å². The summed E-state index contributed by atoms with van der Waals surface area (Å²) in [4.78, 5) is 27.7. The van der Waals surface area contributed by atoms with E-state index < -0.39 is 11.5 Å². The van der Waals surface area contributed by atoms with E-state index in [1.807, 2.05) is 0 Å². The van der Waals surface area contributed by atoms with Crippen molar-refractivity contribution in [1.29, 1.82) is 0 Å². The monoisotopic (exact) mass is 256 g/mol. The molecule has 0 saturated carbocycles. The van der Waals surface area contributed by atoms with Crippen LogP contribution in [0.4, 0.5) is 0 Å². The molecule has 2 heterocycles. The van der Waals surface area contributed by atoms with Crippen LogP contribution in [0.2, 0.25) is 0 Å². The molecule has 19 heavy (non-hydrogen) atoms. The summed E-state index contributed by atoms with van der Waals surface area (Å²) in [6, 6.07) is 6.53. The Kier molecular flexibility index (Phi) is 3.84. The molecule has 0 aliphatic carbocycles. The zero-order valence-electron chi connectivity index (χ0n) is 10.1. The molecule has 0 atom stereocenters. The Bertz CT molecular complexity index is 650. The normalized spacial score (nSPS) is 9.84. The first-order valence-electron chi connectivity index (χ1n) is 5.65. The Labute approximate surface area is 109 Å². The SMILES string of the molecule is C#CCN(Cc1ccco1)C(=O)c1ccc[nH]c1=O. The van der Waals surface area contributed by atoms with Crippen LogP contribution in [0, 0.1) is 12.3 Å². The minimum absolute atomic E-state index is 0.0595. The number of furan rings is 1. The number of hydrogen-bond donors (Lipinski definition) is 1. The summed E-state index contributed by atoms with van der Waals surface area (Å²) in [6.07, 6.45) is 8.24. The van der Waals surface area contributed by atoms with Crippen LogP contribution in [0.15, 0.2) is 45.9 Å². The average molecular weight is 256 g/mol. The van der Waals surface area contributed by atoms with E-state index in [-0.39, 0.29) is 18.7 Å². The molecule has 0 saturated heterocycles. The molecule has 0 aromatic carbocycles. The van der Waals surface area contributed by atoms with E-state index in [2.05, 4.69) is 10.9 Å². The largest absolute Gasteiger partial charge is 0.467 e. The van der Waals surface area contributed by atoms with Crippen LogP contribution in [0.3, 0.4) is 0 Å². The third kappa shape index (κ3) is 2.93. The van der Waals surface area contributed by atoms with Crippen LogP contribution < -0.4 is 5.56 Å². The first-order chi connectivity index (χ1) is 9.22. The summed E-state index contributed by atoms with van der Waals surface area (Å²) in [7, 11) is 0. The number of aromatic amines is 1. The van der Waals surface area contributed by atoms with E-state index in [4.69, 9.17) is 10.8 Å². The van der Waals surface area contributed by atoms with Crippen molar-refractivity contribution in [1.82, 2.24) is 9.88 Å². The lowest BCUT2D eigenvalue weighted by molar-refractivity contribution is 0.0753. The Morgan fingerprint density at radius 1 is 1.42 bits per heavy atom. The fourth-order valence-corrected chi connectivity index (χ4v) is 1.66. The second kappa shape index (κ2) is 5.74. The van der Waals surface area contributed by atoms with Crippen molar-refractivity contribution in [2.45, 2.75) is 6.54 Å². The Morgan fingerprint density at radius 3 is 2.89 bits per heavy atom. The number of carbonyl (C=O) groups excluding carboxylic acids is 1. The van der Waals surface area contributed by atoms with Gasteiger partial charge in [0.1, 0.15) is 11.3 Å². The van der Waals surface area contributed by atoms with Gasteiger partial charge in [0.15, 0.2) is 0 Å². The second-order valence-corrected chi connectivity index (χ2v) is 3.86. The van der Waals surface area contributed by atoms with Gasteiger partial charge in [0.05, 0.1) is 19.4 Å². The van der Waals surface area contributed by atoms with Gasteiger partial charge in [-0.25, -0.2) is 0 Å². The van der Waals surface area contributed by atoms with E-state index in [1.54, 1.807) is 18.2 Å². The zero-order chi connectivity index (χ0) is 13.7. The van der Waals surface area contributed by atoms with E-state index in [9.17, 15) is 9.59 Å². The summed E-state index contributed by atoms with van der Waals surface area (Å²) < 4.78 is 5.18. The van der Waals surface area contributed by atoms with Crippen molar-refractivity contribution in [3.8, 4) is 12.3 Å². The number of hydrogen-bond acceptors (Lipinski definition) is 3. The van der Waals surface area contributed by atoms with Crippen molar-refractivity contribution >= 4 is 5.91 Å². The molecule has 0 aliphatic heterocycles. The molecular formula is C14H12N2O3. The molecule has 0 radical (unpaired) electrons. The number of nitrogens with zero attached hydrogens (tertiary/aromatic N) is 1. The number of amides is 1. The summed E-state index contributed by atoms with van der Waals surface area (Å²) in [5.74, 6) is 2.59. The van der Waals surface area contributed by atoms with E-state index in [1.165, 1.54) is 23.4 Å². The Hall–Kier alpha value is -2.74. The van der Waals surface area contributed by atoms with Gasteiger partial charge < -0.3 is 14.3 Å². The molecule has 2 aromatic rings. The molecule has 5 nitrogen and oxygen atoms in total. The summed E-state index contributed by atoms with van der Waals surface area (Å²) in [5.41, 5.74) is -0.377. The first kappa shape index (κ1) is 12.7. The molecule has 0 spiro atoms. The molecule has 1 amide bonds. The van der Waals surface area contributed by atoms with Gasteiger partial charge in [-0.1, -0.05) is 5.92 Å². The predicted octanol–water partition coefficient (Wildman–Crippen LogP) is 1.24. The topological polar surface area (TPSA) is 66.3 Å². The van der Waals surface area contributed by atoms with Crippen LogP contribution >= 0.6 is 0 Å². The van der Waals surface area contributed by atoms with Gasteiger partial charge >= 0.3 is 0 Å². The van der Waals surface area contributed by atoms with Crippen molar-refractivity contribution in [3.05, 3.63) is 58.4 Å². The van der Waals surface area contributed by atoms with Gasteiger partial charge in [-0.15, -0.1) is 6.42 Å². The summed E-state index contributed by atoms with van der Waals surface area (Å²) in [5, 5.41) is 0. The number of pyridine rings is 1. The van der Waals surface area contributed by atoms with Gasteiger partial charge in [-0.05, 0) is 24.3 Å². The van der Waals surface area contributed by atoms with Crippen LogP contribution in [0.5, 0.6) is 0 Å². The van der Waals surface area contributed by atoms with E-state index in [0.717, 1.165) is 0 Å². The highest BCUT2D eigenvalue weighted by Crippen LogP contribution is 2.08. The maximum absolute atomic E-state index is 12.3. The first-order valence-corrected chi connectivity index (χ1v) is 5.65. The van der Waals surface area contributed by atoms with E-state index >= 15 is 0 Å². The predicted molar refractivity (Wildman–Crippen MR) is 69.3 cm³/mol. The van der Waals surface area contributed by atoms with Gasteiger partial charge in [0, 0.05) is 6.20 Å². The minimum atomic E-state index is -0.436. The van der Waals surface area contributed by atoms with Gasteiger partial charge in [0.25, 0.3) is 11.5 Å². The third-order valence-corrected chi connectivity index (χ3v) is 2.54. The average Bonchev–Trinajstić information content (AvgIpc) is 2.91. The number of H-pyrrole nitrogens is 1. The summed E-state index contributed by atoms with van der Waals surface area (Å²) in [6.45, 7) is 0.332. The van der Waals surface area contributed by atoms with Gasteiger partial charge in [-0.3, -0.25) is 9.59 Å². The van der Waals surface area contributed by atoms with Gasteiger partial charge in [-0.2, -0.15) is 0 Å². The molecule has 0 fully saturated rings. The van der Waals surface area contributed by atoms with Crippen molar-refractivity contribution in [2.75, 3.05) is 6.54 Å². The molecule has 2 rings (SSSR count). The smallest absolute Gasteiger partial charge is 0.260 e. The van der Waals surface area contributed by atoms with Crippen molar-refractivity contribution < 1.29 is 9.21 Å². The van der Waals surface area contributed by atoms with E-state index in [0.29, 0.717) is 5.76 Å². The van der Waals surface area contributed by atoms with Crippen LogP contribution in [-0.2, 0) is 6.54 Å². The number of carbonyl (C=O) groups is 1. The maximum atomic E-state index is 12.3. The van der Waals surface area contributed by atoms with Crippen LogP contribution in [-0.4, -0.2) is 22.3 Å². The standard InChI is InChI=1S/C14H12N2O3/c1-2-8-16(10-11-5-4-9-19-11)14(18)12-6-3-7-15-13(12)17/h1,3-7,9H,8,10H2,(H,15,17). The molecule has 5 heteroatoms. The minimum Gasteiger partial charge on any atom is -0.467 e. The maximum Gasteiger partial charge on any atom is 0.260 e. The zero-order valence-corrected chi connectivity index (χ0v) is 10.1. The quantitative estimate of drug-likeness (QED) is 0.837. The fourth-order valence-electron chi connectivity index (χ4n) is 1.66. The molecule has 96 valence electrons. The lowest BCUT2D eigenvalue weighted by Gasteiger charge is -2.18. The fraction of sp³-hybridized carbons (Fsp3) is 0.143. The molecule has 2 aromatic heterocycles. The van der Waals surface area contributed by atoms with Crippen LogP contribution in [0.1, 0.15) is 16.1 Å². The Morgan fingerprint density at radius 2 is 2.26 bits per heavy atom. The highest BCUT2D eigenvalue weighted by molar-refractivity contribution is 5.93. The molecule has 0 unspecified atom stereocenters. The molecular weight excluding hydrogens is 244 g/mol. The lowest BCUT2D eigenvalue weighted by atomic mass is 10.2. The number of aromatic nitrogens is 1. The number of terminal acetylenes is 1. The number of nitrogens with one attached hydrogen (secondary N) is 1. The lowest BCUT2D eigenvalue weighted by Crippen LogP contribution is -2.34. The number of rotatable bonds is 4. The van der Waals surface area contributed by atoms with Gasteiger partial charge in [0.2, 0.25) is 0 Å². The second-order valence-electron chi connectivity index (χ2n) is 3.86. The third-order valence-electron chi connectivity index (χ3n) is 2.54. The highest BCUT2D eigenvalue weighted by atomic mass is 16.3. The highest BCUT2D eigenvalue weighted by Gasteiger charge is 2.18. The summed E-state index contributed by atoms with van der Waals surface area (Å²) >= 11 is 0. The molecule has 0 aliphatic rings. The van der Waals surface area contributed by atoms with Crippen molar-refractivity contribution in [3.63, 3.8) is 0 Å². The molecule has 0 bridgehead atoms. The molecule has 1 N–H and O–H groups in total. The Balaban J connectivity index is 2.25.